The van der Waals surface area contributed by atoms with E-state index in [-0.39, 0.29) is 17.4 Å². The monoisotopic (exact) mass is 275 g/mol. The fourth-order valence-electron chi connectivity index (χ4n) is 2.50. The Morgan fingerprint density at radius 2 is 2.45 bits per heavy atom. The average Bonchev–Trinajstić information content (AvgIpc) is 2.47. The lowest BCUT2D eigenvalue weighted by molar-refractivity contribution is -0.117. The van der Waals surface area contributed by atoms with Gasteiger partial charge in [-0.2, -0.15) is 0 Å². The summed E-state index contributed by atoms with van der Waals surface area (Å²) in [5.41, 5.74) is 0.482. The molecule has 1 aliphatic carbocycles. The molecule has 2 unspecified atom stereocenters. The fourth-order valence-corrected chi connectivity index (χ4v) is 2.50. The number of nitrogens with one attached hydrogen (secondary N) is 1. The summed E-state index contributed by atoms with van der Waals surface area (Å²) in [6.45, 7) is 2.53. The second-order valence-electron chi connectivity index (χ2n) is 5.60. The van der Waals surface area contributed by atoms with Gasteiger partial charge in [-0.25, -0.2) is 9.97 Å². The molecule has 0 aliphatic heterocycles. The third-order valence-electron chi connectivity index (χ3n) is 3.96. The summed E-state index contributed by atoms with van der Waals surface area (Å²) in [6.07, 6.45) is 9.80. The molecule has 0 bridgehead atoms. The van der Waals surface area contributed by atoms with E-state index < -0.39 is 0 Å². The van der Waals surface area contributed by atoms with Crippen LogP contribution in [0.1, 0.15) is 38.3 Å². The normalized spacial score (nSPS) is 26.6. The van der Waals surface area contributed by atoms with Gasteiger partial charge in [-0.3, -0.25) is 4.79 Å². The zero-order valence-electron chi connectivity index (χ0n) is 11.7. The molecule has 5 nitrogen and oxygen atoms in total. The molecule has 1 amide bonds. The third-order valence-corrected chi connectivity index (χ3v) is 3.96. The van der Waals surface area contributed by atoms with E-state index in [2.05, 4.69) is 15.3 Å². The number of aromatic nitrogens is 2. The Hall–Kier alpha value is -1.75. The molecule has 108 valence electrons. The molecular formula is C15H21N3O2. The summed E-state index contributed by atoms with van der Waals surface area (Å²) >= 11 is 0. The number of amides is 1. The zero-order chi connectivity index (χ0) is 14.4. The maximum absolute atomic E-state index is 11.8. The van der Waals surface area contributed by atoms with Crippen LogP contribution in [0.3, 0.4) is 0 Å². The minimum absolute atomic E-state index is 0.164. The third kappa shape index (κ3) is 3.87. The summed E-state index contributed by atoms with van der Waals surface area (Å²) < 4.78 is 0. The number of carbonyl (C=O) groups excluding carboxylic acids is 1. The van der Waals surface area contributed by atoms with Crippen molar-refractivity contribution in [1.82, 2.24) is 15.3 Å². The number of aliphatic hydroxyl groups excluding tert-OH is 1. The van der Waals surface area contributed by atoms with Crippen molar-refractivity contribution in [3.8, 4) is 0 Å². The van der Waals surface area contributed by atoms with Gasteiger partial charge in [0.2, 0.25) is 5.91 Å². The van der Waals surface area contributed by atoms with E-state index in [1.165, 1.54) is 12.4 Å². The van der Waals surface area contributed by atoms with Gasteiger partial charge in [0.25, 0.3) is 0 Å². The summed E-state index contributed by atoms with van der Waals surface area (Å²) in [6, 6.07) is 1.73. The van der Waals surface area contributed by atoms with Gasteiger partial charge < -0.3 is 10.4 Å². The Labute approximate surface area is 119 Å². The van der Waals surface area contributed by atoms with Crippen LogP contribution < -0.4 is 5.32 Å². The summed E-state index contributed by atoms with van der Waals surface area (Å²) in [4.78, 5) is 19.6. The molecule has 1 fully saturated rings. The van der Waals surface area contributed by atoms with Crippen LogP contribution in [0.4, 0.5) is 0 Å². The molecule has 0 radical (unpaired) electrons. The maximum atomic E-state index is 11.8. The van der Waals surface area contributed by atoms with E-state index in [0.29, 0.717) is 12.2 Å². The van der Waals surface area contributed by atoms with Crippen LogP contribution in [-0.2, 0) is 4.79 Å². The molecule has 2 N–H and O–H groups in total. The second kappa shape index (κ2) is 6.61. The van der Waals surface area contributed by atoms with Crippen molar-refractivity contribution in [2.75, 3.05) is 6.54 Å². The number of aliphatic hydroxyl groups is 1. The van der Waals surface area contributed by atoms with Gasteiger partial charge in [0.1, 0.15) is 6.33 Å². The van der Waals surface area contributed by atoms with Gasteiger partial charge in [0.15, 0.2) is 0 Å². The van der Waals surface area contributed by atoms with Crippen LogP contribution in [0.5, 0.6) is 0 Å². The lowest BCUT2D eigenvalue weighted by atomic mass is 9.73. The SMILES string of the molecule is CC1(CNC(=O)/C=C/c2ccncn2)CCCCC1O. The van der Waals surface area contributed by atoms with E-state index in [0.717, 1.165) is 25.7 Å². The van der Waals surface area contributed by atoms with Crippen molar-refractivity contribution in [3.05, 3.63) is 30.4 Å². The Kier molecular flexibility index (Phi) is 4.84. The number of rotatable bonds is 4. The highest BCUT2D eigenvalue weighted by Crippen LogP contribution is 2.35. The van der Waals surface area contributed by atoms with Crippen LogP contribution in [0.2, 0.25) is 0 Å². The van der Waals surface area contributed by atoms with E-state index in [9.17, 15) is 9.90 Å². The first-order chi connectivity index (χ1) is 9.60. The Morgan fingerprint density at radius 1 is 1.60 bits per heavy atom. The molecule has 1 saturated carbocycles. The van der Waals surface area contributed by atoms with Crippen molar-refractivity contribution < 1.29 is 9.90 Å². The molecule has 2 atom stereocenters. The smallest absolute Gasteiger partial charge is 0.244 e. The second-order valence-corrected chi connectivity index (χ2v) is 5.60. The predicted octanol–water partition coefficient (Wildman–Crippen LogP) is 1.55. The standard InChI is InChI=1S/C15H21N3O2/c1-15(8-3-2-4-13(15)19)10-17-14(20)6-5-12-7-9-16-11-18-12/h5-7,9,11,13,19H,2-4,8,10H2,1H3,(H,17,20)/b6-5+. The molecular weight excluding hydrogens is 254 g/mol. The lowest BCUT2D eigenvalue weighted by Crippen LogP contribution is -2.44. The van der Waals surface area contributed by atoms with Gasteiger partial charge in [-0.05, 0) is 25.0 Å². The molecule has 0 saturated heterocycles. The Balaban J connectivity index is 1.84. The largest absolute Gasteiger partial charge is 0.392 e. The first-order valence-corrected chi connectivity index (χ1v) is 7.00. The topological polar surface area (TPSA) is 75.1 Å². The highest BCUT2D eigenvalue weighted by molar-refractivity contribution is 5.91. The van der Waals surface area contributed by atoms with E-state index in [1.54, 1.807) is 18.3 Å². The number of hydrogen-bond acceptors (Lipinski definition) is 4. The molecule has 1 aliphatic rings. The molecule has 1 aromatic heterocycles. The highest BCUT2D eigenvalue weighted by Gasteiger charge is 2.35. The summed E-state index contributed by atoms with van der Waals surface area (Å²) in [5, 5.41) is 12.9. The average molecular weight is 275 g/mol. The molecule has 1 heterocycles. The molecule has 1 aromatic rings. The van der Waals surface area contributed by atoms with Crippen molar-refractivity contribution in [2.24, 2.45) is 5.41 Å². The highest BCUT2D eigenvalue weighted by atomic mass is 16.3. The first-order valence-electron chi connectivity index (χ1n) is 7.00. The van der Waals surface area contributed by atoms with Gasteiger partial charge >= 0.3 is 0 Å². The van der Waals surface area contributed by atoms with Crippen molar-refractivity contribution in [3.63, 3.8) is 0 Å². The fraction of sp³-hybridized carbons (Fsp3) is 0.533. The zero-order valence-corrected chi connectivity index (χ0v) is 11.7. The molecule has 5 heteroatoms. The Bertz CT molecular complexity index is 475. The van der Waals surface area contributed by atoms with E-state index in [4.69, 9.17) is 0 Å². The lowest BCUT2D eigenvalue weighted by Gasteiger charge is -2.38. The van der Waals surface area contributed by atoms with Gasteiger partial charge in [-0.1, -0.05) is 19.8 Å². The predicted molar refractivity (Wildman–Crippen MR) is 76.7 cm³/mol. The minimum atomic E-state index is -0.331. The minimum Gasteiger partial charge on any atom is -0.392 e. The number of nitrogens with zero attached hydrogens (tertiary/aromatic N) is 2. The van der Waals surface area contributed by atoms with Gasteiger partial charge in [0.05, 0.1) is 11.8 Å². The van der Waals surface area contributed by atoms with Crippen molar-refractivity contribution in [1.29, 1.82) is 0 Å². The van der Waals surface area contributed by atoms with Crippen LogP contribution in [0, 0.1) is 5.41 Å². The van der Waals surface area contributed by atoms with Crippen molar-refractivity contribution >= 4 is 12.0 Å². The van der Waals surface area contributed by atoms with Crippen LogP contribution in [0.25, 0.3) is 6.08 Å². The molecule has 0 spiro atoms. The number of carbonyl (C=O) groups is 1. The van der Waals surface area contributed by atoms with E-state index in [1.807, 2.05) is 6.92 Å². The Morgan fingerprint density at radius 3 is 3.15 bits per heavy atom. The molecule has 0 aromatic carbocycles. The summed E-state index contributed by atoms with van der Waals surface area (Å²) in [5.74, 6) is -0.164. The van der Waals surface area contributed by atoms with Gasteiger partial charge in [0, 0.05) is 24.2 Å². The summed E-state index contributed by atoms with van der Waals surface area (Å²) in [7, 11) is 0. The number of hydrogen-bond donors (Lipinski definition) is 2. The molecule has 20 heavy (non-hydrogen) atoms. The first kappa shape index (κ1) is 14.7. The van der Waals surface area contributed by atoms with E-state index >= 15 is 0 Å². The van der Waals surface area contributed by atoms with Gasteiger partial charge in [-0.15, -0.1) is 0 Å². The quantitative estimate of drug-likeness (QED) is 0.817. The van der Waals surface area contributed by atoms with Crippen LogP contribution in [-0.4, -0.2) is 33.6 Å². The van der Waals surface area contributed by atoms with Crippen LogP contribution in [0.15, 0.2) is 24.7 Å². The van der Waals surface area contributed by atoms with Crippen molar-refractivity contribution in [2.45, 2.75) is 38.7 Å². The molecule has 2 rings (SSSR count). The van der Waals surface area contributed by atoms with Crippen LogP contribution >= 0.6 is 0 Å². The maximum Gasteiger partial charge on any atom is 0.244 e.